The van der Waals surface area contributed by atoms with E-state index in [-0.39, 0.29) is 38.4 Å². The molecule has 39 heavy (non-hydrogen) atoms. The van der Waals surface area contributed by atoms with Crippen molar-refractivity contribution in [3.8, 4) is 22.7 Å². The van der Waals surface area contributed by atoms with Gasteiger partial charge in [0.15, 0.2) is 5.82 Å². The third-order valence-corrected chi connectivity index (χ3v) is 7.43. The van der Waals surface area contributed by atoms with Gasteiger partial charge in [0, 0.05) is 22.9 Å². The molecule has 1 atom stereocenters. The van der Waals surface area contributed by atoms with Crippen LogP contribution in [-0.4, -0.2) is 37.3 Å². The Kier molecular flexibility index (Phi) is 7.14. The lowest BCUT2D eigenvalue weighted by Crippen LogP contribution is -2.33. The highest BCUT2D eigenvalue weighted by atomic mass is 32.2. The van der Waals surface area contributed by atoms with Crippen molar-refractivity contribution in [1.29, 1.82) is 4.78 Å². The van der Waals surface area contributed by atoms with Crippen LogP contribution in [0.3, 0.4) is 0 Å². The summed E-state index contributed by atoms with van der Waals surface area (Å²) in [7, 11) is -3.60. The van der Waals surface area contributed by atoms with Crippen LogP contribution in [0.4, 0.5) is 30.7 Å². The van der Waals surface area contributed by atoms with Gasteiger partial charge in [-0.3, -0.25) is 4.79 Å². The second kappa shape index (κ2) is 9.94. The molecule has 0 radical (unpaired) electrons. The van der Waals surface area contributed by atoms with Crippen LogP contribution in [0, 0.1) is 4.78 Å². The van der Waals surface area contributed by atoms with Gasteiger partial charge in [-0.05, 0) is 35.9 Å². The van der Waals surface area contributed by atoms with Gasteiger partial charge in [-0.15, -0.1) is 0 Å². The monoisotopic (exact) mass is 574 g/mol. The predicted molar refractivity (Wildman–Crippen MR) is 127 cm³/mol. The van der Waals surface area contributed by atoms with Crippen LogP contribution in [0.1, 0.15) is 12.5 Å². The third kappa shape index (κ3) is 5.57. The SMILES string of the molecule is CCS(=N)(=O)c1cc(-c2ccc(OC(F)(F)C(F)F)cc2)cnc1-n1ncc2ccc(C(F)(F)F)cc2c1=O. The van der Waals surface area contributed by atoms with Gasteiger partial charge in [0.25, 0.3) is 5.56 Å². The smallest absolute Gasteiger partial charge is 0.428 e. The minimum Gasteiger partial charge on any atom is -0.428 e. The Hall–Kier alpha value is -4.01. The van der Waals surface area contributed by atoms with Gasteiger partial charge >= 0.3 is 18.7 Å². The number of pyridine rings is 1. The van der Waals surface area contributed by atoms with E-state index in [2.05, 4.69) is 14.8 Å². The number of halogens is 7. The zero-order chi connectivity index (χ0) is 28.8. The average Bonchev–Trinajstić information content (AvgIpc) is 2.88. The molecule has 0 aliphatic rings. The van der Waals surface area contributed by atoms with Crippen LogP contribution < -0.4 is 10.3 Å². The summed E-state index contributed by atoms with van der Waals surface area (Å²) >= 11 is 0. The van der Waals surface area contributed by atoms with Crippen molar-refractivity contribution >= 4 is 20.5 Å². The maximum atomic E-state index is 13.2. The lowest BCUT2D eigenvalue weighted by Gasteiger charge is -2.17. The highest BCUT2D eigenvalue weighted by Gasteiger charge is 2.44. The number of nitrogens with one attached hydrogen (secondary N) is 1. The van der Waals surface area contributed by atoms with E-state index in [4.69, 9.17) is 4.78 Å². The summed E-state index contributed by atoms with van der Waals surface area (Å²) in [6, 6.07) is 8.22. The molecule has 0 aliphatic carbocycles. The summed E-state index contributed by atoms with van der Waals surface area (Å²) in [6.07, 6.45) is -11.2. The molecule has 0 bridgehead atoms. The molecule has 206 valence electrons. The lowest BCUT2D eigenvalue weighted by atomic mass is 10.1. The van der Waals surface area contributed by atoms with Crippen LogP contribution in [0.2, 0.25) is 0 Å². The van der Waals surface area contributed by atoms with Gasteiger partial charge in [-0.2, -0.15) is 40.5 Å². The standard InChI is InChI=1S/C24H17F7N4O3S/c1-2-39(32,37)19-9-15(13-4-7-17(8-5-13)38-24(30,31)22(25)26)11-33-20(19)35-21(36)18-10-16(23(27,28)29)6-3-14(18)12-34-35/h3-12,22,32H,2H2,1H3. The van der Waals surface area contributed by atoms with Gasteiger partial charge in [0.2, 0.25) is 0 Å². The molecular formula is C24H17F7N4O3S. The van der Waals surface area contributed by atoms with Gasteiger partial charge in [-0.1, -0.05) is 25.1 Å². The topological polar surface area (TPSA) is 97.9 Å². The van der Waals surface area contributed by atoms with Gasteiger partial charge in [-0.25, -0.2) is 14.0 Å². The van der Waals surface area contributed by atoms with E-state index < -0.39 is 45.3 Å². The lowest BCUT2D eigenvalue weighted by molar-refractivity contribution is -0.253. The minimum absolute atomic E-state index is 0.115. The summed E-state index contributed by atoms with van der Waals surface area (Å²) in [5.41, 5.74) is -1.57. The fourth-order valence-corrected chi connectivity index (χ4v) is 4.60. The molecule has 7 nitrogen and oxygen atoms in total. The molecule has 0 saturated heterocycles. The van der Waals surface area contributed by atoms with Crippen LogP contribution in [0.5, 0.6) is 5.75 Å². The van der Waals surface area contributed by atoms with Crippen LogP contribution in [-0.2, 0) is 15.9 Å². The molecule has 15 heteroatoms. The van der Waals surface area contributed by atoms with Gasteiger partial charge < -0.3 is 4.74 Å². The number of rotatable bonds is 7. The van der Waals surface area contributed by atoms with Crippen molar-refractivity contribution in [2.24, 2.45) is 0 Å². The van der Waals surface area contributed by atoms with E-state index in [1.165, 1.54) is 31.3 Å². The summed E-state index contributed by atoms with van der Waals surface area (Å²) in [5, 5.41) is 3.72. The second-order valence-electron chi connectivity index (χ2n) is 8.16. The Morgan fingerprint density at radius 3 is 2.26 bits per heavy atom. The highest BCUT2D eigenvalue weighted by molar-refractivity contribution is 7.92. The molecule has 4 rings (SSSR count). The second-order valence-corrected chi connectivity index (χ2v) is 10.5. The molecule has 0 aliphatic heterocycles. The van der Waals surface area contributed by atoms with E-state index in [1.807, 2.05) is 0 Å². The van der Waals surface area contributed by atoms with Crippen molar-refractivity contribution in [2.45, 2.75) is 30.5 Å². The number of hydrogen-bond donors (Lipinski definition) is 1. The van der Waals surface area contributed by atoms with Crippen molar-refractivity contribution < 1.29 is 39.7 Å². The minimum atomic E-state index is -4.71. The van der Waals surface area contributed by atoms with Gasteiger partial charge in [0.05, 0.1) is 31.8 Å². The number of nitrogens with zero attached hydrogens (tertiary/aromatic N) is 3. The van der Waals surface area contributed by atoms with E-state index in [9.17, 15) is 39.7 Å². The Labute approximate surface area is 215 Å². The first-order chi connectivity index (χ1) is 18.1. The van der Waals surface area contributed by atoms with Crippen LogP contribution >= 0.6 is 0 Å². The molecule has 1 N–H and O–H groups in total. The molecule has 1 unspecified atom stereocenters. The zero-order valence-electron chi connectivity index (χ0n) is 19.7. The quantitative estimate of drug-likeness (QED) is 0.268. The summed E-state index contributed by atoms with van der Waals surface area (Å²) in [6.45, 7) is 1.44. The molecule has 4 aromatic rings. The predicted octanol–water partition coefficient (Wildman–Crippen LogP) is 6.13. The fourth-order valence-electron chi connectivity index (χ4n) is 3.54. The maximum Gasteiger partial charge on any atom is 0.461 e. The van der Waals surface area contributed by atoms with E-state index in [0.29, 0.717) is 10.7 Å². The Bertz CT molecular complexity index is 1700. The van der Waals surface area contributed by atoms with Crippen molar-refractivity contribution in [2.75, 3.05) is 5.75 Å². The van der Waals surface area contributed by atoms with Crippen molar-refractivity contribution in [1.82, 2.24) is 14.8 Å². The summed E-state index contributed by atoms with van der Waals surface area (Å²) in [5.74, 6) is -1.13. The van der Waals surface area contributed by atoms with Crippen molar-refractivity contribution in [3.05, 3.63) is 76.8 Å². The Morgan fingerprint density at radius 2 is 1.67 bits per heavy atom. The highest BCUT2D eigenvalue weighted by Crippen LogP contribution is 2.32. The number of fused-ring (bicyclic) bond motifs is 1. The number of aromatic nitrogens is 3. The van der Waals surface area contributed by atoms with Crippen LogP contribution in [0.15, 0.2) is 70.6 Å². The molecule has 0 fully saturated rings. The van der Waals surface area contributed by atoms with Crippen LogP contribution in [0.25, 0.3) is 27.7 Å². The molecule has 2 heterocycles. The van der Waals surface area contributed by atoms with Crippen molar-refractivity contribution in [3.63, 3.8) is 0 Å². The summed E-state index contributed by atoms with van der Waals surface area (Å²) < 4.78 is 117. The number of alkyl halides is 7. The maximum absolute atomic E-state index is 13.2. The van der Waals surface area contributed by atoms with Gasteiger partial charge in [0.1, 0.15) is 5.75 Å². The third-order valence-electron chi connectivity index (χ3n) is 5.61. The molecule has 0 amide bonds. The van der Waals surface area contributed by atoms with E-state index in [1.54, 1.807) is 0 Å². The number of benzene rings is 2. The molecular weight excluding hydrogens is 557 g/mol. The molecule has 2 aromatic heterocycles. The normalized spacial score (nSPS) is 14.0. The van der Waals surface area contributed by atoms with E-state index >= 15 is 0 Å². The first-order valence-electron chi connectivity index (χ1n) is 11.0. The Balaban J connectivity index is 1.82. The van der Waals surface area contributed by atoms with E-state index in [0.717, 1.165) is 30.5 Å². The summed E-state index contributed by atoms with van der Waals surface area (Å²) in [4.78, 5) is 17.0. The molecule has 2 aromatic carbocycles. The first-order valence-corrected chi connectivity index (χ1v) is 12.7. The first kappa shape index (κ1) is 28.0. The zero-order valence-corrected chi connectivity index (χ0v) is 20.5. The Morgan fingerprint density at radius 1 is 1.00 bits per heavy atom. The molecule has 0 saturated carbocycles. The number of hydrogen-bond acceptors (Lipinski definition) is 6. The fraction of sp³-hybridized carbons (Fsp3) is 0.208. The number of ether oxygens (including phenoxy) is 1. The average molecular weight is 574 g/mol. The largest absolute Gasteiger partial charge is 0.461 e. The molecule has 0 spiro atoms.